The van der Waals surface area contributed by atoms with Gasteiger partial charge in [-0.25, -0.2) is 0 Å². The number of carbonyl (C=O) groups is 1. The Morgan fingerprint density at radius 2 is 2.00 bits per heavy atom. The Hall–Kier alpha value is -0.680. The quantitative estimate of drug-likeness (QED) is 0.532. The first-order valence-electron chi connectivity index (χ1n) is 7.81. The molecule has 0 bridgehead atoms. The van der Waals surface area contributed by atoms with Gasteiger partial charge in [-0.2, -0.15) is 0 Å². The average molecular weight is 298 g/mol. The number of hydrogen-bond donors (Lipinski definition) is 2. The predicted octanol–water partition coefficient (Wildman–Crippen LogP) is 2.16. The van der Waals surface area contributed by atoms with Crippen LogP contribution >= 0.6 is 12.2 Å². The van der Waals surface area contributed by atoms with Crippen LogP contribution in [0.1, 0.15) is 51.4 Å². The lowest BCUT2D eigenvalue weighted by Crippen LogP contribution is -2.50. The summed E-state index contributed by atoms with van der Waals surface area (Å²) < 4.78 is 5.56. The van der Waals surface area contributed by atoms with Gasteiger partial charge in [-0.1, -0.05) is 31.5 Å². The number of hydrogen-bond acceptors (Lipinski definition) is 3. The van der Waals surface area contributed by atoms with E-state index in [1.807, 2.05) is 0 Å². The van der Waals surface area contributed by atoms with Crippen molar-refractivity contribution in [2.75, 3.05) is 19.8 Å². The molecule has 0 saturated heterocycles. The first-order chi connectivity index (χ1) is 9.65. The number of rotatable bonds is 8. The summed E-state index contributed by atoms with van der Waals surface area (Å²) >= 11 is 5.15. The van der Waals surface area contributed by atoms with Crippen LogP contribution in [0.2, 0.25) is 0 Å². The smallest absolute Gasteiger partial charge is 0.233 e. The highest BCUT2D eigenvalue weighted by atomic mass is 32.1. The van der Waals surface area contributed by atoms with Crippen LogP contribution in [0, 0.1) is 11.3 Å². The number of nitrogens with two attached hydrogens (primary N) is 1. The zero-order chi connectivity index (χ0) is 14.4. The normalized spacial score (nSPS) is 21.4. The standard InChI is InChI=1S/C15H26N2O2S/c16-13(20)15(7-2-1-3-8-15)14(18)17-9-4-10-19-11-12-5-6-12/h12H,1-11H2,(H2,16,20)(H,17,18). The highest BCUT2D eigenvalue weighted by Gasteiger charge is 2.42. The highest BCUT2D eigenvalue weighted by molar-refractivity contribution is 7.80. The van der Waals surface area contributed by atoms with Gasteiger partial charge in [-0.05, 0) is 38.0 Å². The first-order valence-corrected chi connectivity index (χ1v) is 8.22. The first kappa shape index (κ1) is 15.7. The van der Waals surface area contributed by atoms with Crippen molar-refractivity contribution >= 4 is 23.1 Å². The number of nitrogens with one attached hydrogen (secondary N) is 1. The van der Waals surface area contributed by atoms with E-state index in [9.17, 15) is 4.79 Å². The molecule has 0 atom stereocenters. The Morgan fingerprint density at radius 3 is 2.60 bits per heavy atom. The van der Waals surface area contributed by atoms with Gasteiger partial charge in [0.05, 0.1) is 10.4 Å². The molecule has 2 rings (SSSR count). The van der Waals surface area contributed by atoms with Crippen molar-refractivity contribution in [2.45, 2.75) is 51.4 Å². The lowest BCUT2D eigenvalue weighted by atomic mass is 9.73. The molecular weight excluding hydrogens is 272 g/mol. The molecule has 1 amide bonds. The molecule has 0 radical (unpaired) electrons. The van der Waals surface area contributed by atoms with Crippen molar-refractivity contribution in [1.29, 1.82) is 0 Å². The third-order valence-corrected chi connectivity index (χ3v) is 4.81. The van der Waals surface area contributed by atoms with Crippen LogP contribution in [0.15, 0.2) is 0 Å². The van der Waals surface area contributed by atoms with Gasteiger partial charge in [0.15, 0.2) is 0 Å². The third kappa shape index (κ3) is 4.16. The molecule has 0 spiro atoms. The van der Waals surface area contributed by atoms with Gasteiger partial charge >= 0.3 is 0 Å². The lowest BCUT2D eigenvalue weighted by molar-refractivity contribution is -0.128. The fraction of sp³-hybridized carbons (Fsp3) is 0.867. The Balaban J connectivity index is 1.67. The van der Waals surface area contributed by atoms with E-state index < -0.39 is 5.41 Å². The van der Waals surface area contributed by atoms with Gasteiger partial charge in [0.25, 0.3) is 0 Å². The topological polar surface area (TPSA) is 64.4 Å². The number of amides is 1. The summed E-state index contributed by atoms with van der Waals surface area (Å²) in [7, 11) is 0. The van der Waals surface area contributed by atoms with Crippen LogP contribution in [0.3, 0.4) is 0 Å². The summed E-state index contributed by atoms with van der Waals surface area (Å²) in [4.78, 5) is 12.8. The van der Waals surface area contributed by atoms with Gasteiger partial charge < -0.3 is 15.8 Å². The molecule has 2 aliphatic carbocycles. The zero-order valence-electron chi connectivity index (χ0n) is 12.2. The zero-order valence-corrected chi connectivity index (χ0v) is 13.0. The minimum Gasteiger partial charge on any atom is -0.392 e. The van der Waals surface area contributed by atoms with Crippen molar-refractivity contribution in [3.05, 3.63) is 0 Å². The van der Waals surface area contributed by atoms with E-state index in [1.54, 1.807) is 0 Å². The van der Waals surface area contributed by atoms with Gasteiger partial charge in [0.1, 0.15) is 0 Å². The summed E-state index contributed by atoms with van der Waals surface area (Å²) in [5, 5.41) is 2.99. The highest BCUT2D eigenvalue weighted by Crippen LogP contribution is 2.36. The van der Waals surface area contributed by atoms with Crippen LogP contribution < -0.4 is 11.1 Å². The largest absolute Gasteiger partial charge is 0.392 e. The van der Waals surface area contributed by atoms with Crippen molar-refractivity contribution in [3.8, 4) is 0 Å². The van der Waals surface area contributed by atoms with Gasteiger partial charge in [-0.15, -0.1) is 0 Å². The maximum absolute atomic E-state index is 12.4. The minimum absolute atomic E-state index is 0.0203. The van der Waals surface area contributed by atoms with E-state index in [0.29, 0.717) is 11.5 Å². The molecule has 2 fully saturated rings. The minimum atomic E-state index is -0.595. The second-order valence-electron chi connectivity index (χ2n) is 6.13. The van der Waals surface area contributed by atoms with Gasteiger partial charge in [-0.3, -0.25) is 4.79 Å². The van der Waals surface area contributed by atoms with Gasteiger partial charge in [0.2, 0.25) is 5.91 Å². The Kier molecular flexibility index (Phi) is 5.78. The molecule has 0 aromatic heterocycles. The lowest BCUT2D eigenvalue weighted by Gasteiger charge is -2.34. The summed E-state index contributed by atoms with van der Waals surface area (Å²) in [5.74, 6) is 0.816. The molecule has 0 aromatic rings. The Morgan fingerprint density at radius 1 is 1.30 bits per heavy atom. The Labute approximate surface area is 126 Å². The molecule has 0 heterocycles. The molecule has 5 heteroatoms. The number of thiocarbonyl (C=S) groups is 1. The predicted molar refractivity (Wildman–Crippen MR) is 83.5 cm³/mol. The van der Waals surface area contributed by atoms with E-state index >= 15 is 0 Å². The van der Waals surface area contributed by atoms with E-state index in [0.717, 1.165) is 51.2 Å². The van der Waals surface area contributed by atoms with Gasteiger partial charge in [0, 0.05) is 19.8 Å². The van der Waals surface area contributed by atoms with Crippen LogP contribution in [0.25, 0.3) is 0 Å². The summed E-state index contributed by atoms with van der Waals surface area (Å²) in [6, 6.07) is 0. The Bertz CT molecular complexity index is 350. The van der Waals surface area contributed by atoms with Crippen molar-refractivity contribution in [2.24, 2.45) is 17.1 Å². The van der Waals surface area contributed by atoms with Crippen molar-refractivity contribution in [3.63, 3.8) is 0 Å². The second kappa shape index (κ2) is 7.36. The van der Waals surface area contributed by atoms with Crippen molar-refractivity contribution < 1.29 is 9.53 Å². The molecule has 20 heavy (non-hydrogen) atoms. The molecule has 0 aliphatic heterocycles. The summed E-state index contributed by atoms with van der Waals surface area (Å²) in [6.45, 7) is 2.25. The summed E-state index contributed by atoms with van der Waals surface area (Å²) in [5.41, 5.74) is 5.25. The number of carbonyl (C=O) groups excluding carboxylic acids is 1. The summed E-state index contributed by atoms with van der Waals surface area (Å²) in [6.07, 6.45) is 8.32. The van der Waals surface area contributed by atoms with Crippen LogP contribution in [0.4, 0.5) is 0 Å². The third-order valence-electron chi connectivity index (χ3n) is 4.41. The van der Waals surface area contributed by atoms with Crippen molar-refractivity contribution in [1.82, 2.24) is 5.32 Å². The van der Waals surface area contributed by atoms with Crippen LogP contribution in [0.5, 0.6) is 0 Å². The fourth-order valence-corrected chi connectivity index (χ4v) is 3.12. The molecule has 2 aliphatic rings. The van der Waals surface area contributed by atoms with Crippen LogP contribution in [-0.4, -0.2) is 30.7 Å². The molecular formula is C15H26N2O2S. The monoisotopic (exact) mass is 298 g/mol. The van der Waals surface area contributed by atoms with E-state index in [-0.39, 0.29) is 5.91 Å². The van der Waals surface area contributed by atoms with E-state index in [1.165, 1.54) is 19.3 Å². The number of ether oxygens (including phenoxy) is 1. The molecule has 4 nitrogen and oxygen atoms in total. The molecule has 3 N–H and O–H groups in total. The van der Waals surface area contributed by atoms with Crippen LogP contribution in [-0.2, 0) is 9.53 Å². The maximum atomic E-state index is 12.4. The molecule has 0 aromatic carbocycles. The fourth-order valence-electron chi connectivity index (χ4n) is 2.82. The molecule has 2 saturated carbocycles. The van der Waals surface area contributed by atoms with E-state index in [4.69, 9.17) is 22.7 Å². The SMILES string of the molecule is NC(=S)C1(C(=O)NCCCOCC2CC2)CCCCC1. The average Bonchev–Trinajstić information content (AvgIpc) is 3.27. The molecule has 0 unspecified atom stereocenters. The second-order valence-corrected chi connectivity index (χ2v) is 6.57. The van der Waals surface area contributed by atoms with E-state index in [2.05, 4.69) is 5.32 Å². The molecule has 114 valence electrons. The maximum Gasteiger partial charge on any atom is 0.233 e.